The predicted molar refractivity (Wildman–Crippen MR) is 433 cm³/mol. The second-order valence-corrected chi connectivity index (χ2v) is 29.1. The lowest BCUT2D eigenvalue weighted by Crippen LogP contribution is -2.41. The Labute approximate surface area is 661 Å². The lowest BCUT2D eigenvalue weighted by atomic mass is 9.76. The molecule has 0 bridgehead atoms. The first-order valence-corrected chi connectivity index (χ1v) is 38.0. The van der Waals surface area contributed by atoms with Gasteiger partial charge in [0, 0.05) is 129 Å². The van der Waals surface area contributed by atoms with Gasteiger partial charge in [0.1, 0.15) is 29.1 Å². The standard InChI is InChI=1S/C23H28F3N5O2.C20H28BF3N2O3.C9H12IN3O.C5H4FIN2.C4H9NO.3C4H10O.H2S/c1-14-2-3-17(29-22(32)31-6-4-15(12-31)11-23(24,25)26)10-19(14)16-8-20(27)30-21(9-16)28-18-5-7-33-13-18;1-13-6-7-15(10-16(13)21-28-18(2,3)19(4,5)29-21)25-17(27)26-9-8-14(12-26)11-20(22,23)24;10-6-3-8(11)13-9(4-6)12-7-1-2-14-5-7;6-4-1-3(7)2-5(8)9-4;5-4-1-2-6-3-4;3*1-3-5-4-2;/h2-3,8-10,15,18H,4-7,11-13H2,1H3,(H,29,32)(H3,27,28,30);6-7,10,14H,8-9,11-12H2,1-5H3,(H,25,27);3-4,7H,1-2,5H2,(H3,11,12,13);1-2H,(H2,8,9);4H,1-3,5H2;3*3-4H2,1-2H3;1H2/t15-,18+;14-;7-;;4-;;;;/m001.1..../s1. The molecule has 23 nitrogen and oxygen atoms in total. The Kier molecular flexibility index (Phi) is 43.2. The molecule has 2 aromatic carbocycles. The number of hydrogen-bond donors (Lipinski definition) is 8. The SMILES string of the molecule is CCOCC.CCOCC.CCOCC.Cc1ccc(NC(=O)N2CC[C@@H](CC(F)(F)F)C2)cc1-c1cc(N)nc(N[C@@H]2CCOC2)c1.Cc1ccc(NC(=O)N2CC[C@@H](CC(F)(F)F)C2)cc1B1OC(C)(C)C(C)(C)O1.N[C@@H]1CCOC1.Nc1cc(I)cc(F)n1.Nc1cc(I)cc(N[C@@H]2CCOC2)n1.S. The minimum Gasteiger partial charge on any atom is -0.399 e. The summed E-state index contributed by atoms with van der Waals surface area (Å²) in [6, 6.07) is 21.5. The normalized spacial score (nSPS) is 19.5. The maximum absolute atomic E-state index is 12.7. The number of benzene rings is 2. The molecular weight excluding hydrogens is 1650 g/mol. The van der Waals surface area contributed by atoms with Gasteiger partial charge >= 0.3 is 31.5 Å². The Hall–Kier alpha value is -5.55. The highest BCUT2D eigenvalue weighted by Crippen LogP contribution is 2.38. The summed E-state index contributed by atoms with van der Waals surface area (Å²) in [6.45, 7) is 34.2. The highest BCUT2D eigenvalue weighted by atomic mass is 127. The molecule has 5 aromatic rings. The second kappa shape index (κ2) is 48.3. The van der Waals surface area contributed by atoms with Gasteiger partial charge in [-0.05, 0) is 249 Å². The summed E-state index contributed by atoms with van der Waals surface area (Å²) in [5.41, 5.74) is 27.0. The lowest BCUT2D eigenvalue weighted by Gasteiger charge is -2.32. The number of aromatic nitrogens is 3. The van der Waals surface area contributed by atoms with Gasteiger partial charge in [-0.2, -0.15) is 44.2 Å². The number of anilines is 7. The van der Waals surface area contributed by atoms with Crippen molar-refractivity contribution in [3.8, 4) is 11.1 Å². The number of carbonyl (C=O) groups excluding carboxylic acids is 2. The summed E-state index contributed by atoms with van der Waals surface area (Å²) in [7, 11) is -0.556. The Bertz CT molecular complexity index is 3320. The number of urea groups is 2. The first-order chi connectivity index (χ1) is 50.0. The van der Waals surface area contributed by atoms with Gasteiger partial charge in [-0.3, -0.25) is 0 Å². The van der Waals surface area contributed by atoms with E-state index in [4.69, 9.17) is 60.7 Å². The Morgan fingerprint density at radius 3 is 1.36 bits per heavy atom. The summed E-state index contributed by atoms with van der Waals surface area (Å²) < 4.78 is 132. The van der Waals surface area contributed by atoms with E-state index >= 15 is 0 Å². The molecule has 6 aliphatic rings. The van der Waals surface area contributed by atoms with Crippen LogP contribution in [0.15, 0.2) is 72.8 Å². The Morgan fingerprint density at radius 1 is 0.570 bits per heavy atom. The first kappa shape index (κ1) is 95.7. The van der Waals surface area contributed by atoms with Gasteiger partial charge in [0.2, 0.25) is 5.95 Å². The number of hydrogen-bond acceptors (Lipinski definition) is 19. The second-order valence-electron chi connectivity index (χ2n) is 26.6. The van der Waals surface area contributed by atoms with Crippen molar-refractivity contribution in [1.82, 2.24) is 24.8 Å². The lowest BCUT2D eigenvalue weighted by molar-refractivity contribution is -0.144. The number of pyridine rings is 3. The van der Waals surface area contributed by atoms with E-state index in [1.165, 1.54) is 15.9 Å². The van der Waals surface area contributed by atoms with Crippen LogP contribution in [0.5, 0.6) is 0 Å². The van der Waals surface area contributed by atoms with E-state index in [9.17, 15) is 40.3 Å². The number of amides is 4. The van der Waals surface area contributed by atoms with Crippen molar-refractivity contribution in [3.05, 3.63) is 97.0 Å². The third-order valence-corrected chi connectivity index (χ3v) is 18.5. The van der Waals surface area contributed by atoms with Crippen LogP contribution in [0.3, 0.4) is 0 Å². The summed E-state index contributed by atoms with van der Waals surface area (Å²) in [5.74, 6) is 1.01. The number of rotatable bonds is 16. The highest BCUT2D eigenvalue weighted by molar-refractivity contribution is 14.1. The zero-order chi connectivity index (χ0) is 78.8. The van der Waals surface area contributed by atoms with E-state index in [1.807, 2.05) is 142 Å². The van der Waals surface area contributed by atoms with Crippen molar-refractivity contribution in [1.29, 1.82) is 0 Å². The van der Waals surface area contributed by atoms with Crippen LogP contribution in [0.2, 0.25) is 0 Å². The Morgan fingerprint density at radius 2 is 0.981 bits per heavy atom. The van der Waals surface area contributed by atoms with E-state index in [-0.39, 0.29) is 38.4 Å². The fourth-order valence-corrected chi connectivity index (χ4v) is 12.3. The molecule has 0 saturated carbocycles. The monoisotopic (exact) mass is 1760 g/mol. The zero-order valence-corrected chi connectivity index (χ0v) is 69.0. The van der Waals surface area contributed by atoms with Crippen LogP contribution >= 0.6 is 58.7 Å². The van der Waals surface area contributed by atoms with Gasteiger partial charge in [0.15, 0.2) is 0 Å². The van der Waals surface area contributed by atoms with E-state index in [0.717, 1.165) is 126 Å². The minimum absolute atomic E-state index is 0. The third kappa shape index (κ3) is 36.9. The van der Waals surface area contributed by atoms with E-state index < -0.39 is 73.4 Å². The number of likely N-dealkylation sites (tertiary alicyclic amines) is 2. The molecule has 6 fully saturated rings. The van der Waals surface area contributed by atoms with Crippen LogP contribution < -0.4 is 49.7 Å². The van der Waals surface area contributed by atoms with E-state index in [2.05, 4.69) is 58.8 Å². The van der Waals surface area contributed by atoms with Crippen molar-refractivity contribution in [2.45, 2.75) is 170 Å². The average Bonchev–Trinajstić information content (AvgIpc) is 1.63. The predicted octanol–water partition coefficient (Wildman–Crippen LogP) is 14.6. The van der Waals surface area contributed by atoms with Crippen molar-refractivity contribution in [2.75, 3.05) is 144 Å². The number of nitrogens with one attached hydrogen (secondary N) is 4. The quantitative estimate of drug-likeness (QED) is 0.0197. The number of ether oxygens (including phenoxy) is 6. The van der Waals surface area contributed by atoms with Gasteiger partial charge in [-0.15, -0.1) is 0 Å². The van der Waals surface area contributed by atoms with Crippen LogP contribution in [0.4, 0.5) is 80.8 Å². The minimum atomic E-state index is -4.21. The molecule has 3 aromatic heterocycles. The zero-order valence-electron chi connectivity index (χ0n) is 63.7. The first-order valence-electron chi connectivity index (χ1n) is 35.9. The van der Waals surface area contributed by atoms with Crippen LogP contribution in [-0.2, 0) is 37.7 Å². The number of aryl methyl sites for hydroxylation is 2. The molecule has 107 heavy (non-hydrogen) atoms. The molecule has 0 unspecified atom stereocenters. The van der Waals surface area contributed by atoms with Crippen molar-refractivity contribution >= 4 is 124 Å². The molecule has 34 heteroatoms. The van der Waals surface area contributed by atoms with Gasteiger partial charge < -0.3 is 91.7 Å². The van der Waals surface area contributed by atoms with Gasteiger partial charge in [0.25, 0.3) is 0 Å². The van der Waals surface area contributed by atoms with Crippen molar-refractivity contribution < 1.29 is 78.1 Å². The number of nitrogens with zero attached hydrogens (tertiary/aromatic N) is 5. The number of nitrogen functional groups attached to an aromatic ring is 3. The van der Waals surface area contributed by atoms with Crippen LogP contribution in [-0.4, -0.2) is 191 Å². The molecule has 12 N–H and O–H groups in total. The topological polar surface area (TPSA) is 305 Å². The average molecular weight is 1760 g/mol. The molecule has 9 heterocycles. The summed E-state index contributed by atoms with van der Waals surface area (Å²) >= 11 is 4.20. The molecule has 602 valence electrons. The van der Waals surface area contributed by atoms with Crippen LogP contribution in [0, 0.1) is 38.8 Å². The highest BCUT2D eigenvalue weighted by Gasteiger charge is 2.52. The fraction of sp³-hybridized carbons (Fsp3) is 0.603. The van der Waals surface area contributed by atoms with Gasteiger partial charge in [0.05, 0.1) is 43.1 Å². The molecule has 6 aliphatic heterocycles. The number of carbonyl (C=O) groups is 2. The van der Waals surface area contributed by atoms with E-state index in [1.54, 1.807) is 30.3 Å². The molecular formula is C73H113BF7I2N13O10S. The Balaban J connectivity index is 0.000000358. The molecule has 6 saturated heterocycles. The fourth-order valence-electron chi connectivity index (χ4n) is 11.1. The number of nitrogens with two attached hydrogens (primary N) is 4. The summed E-state index contributed by atoms with van der Waals surface area (Å²) in [4.78, 5) is 39.9. The third-order valence-electron chi connectivity index (χ3n) is 17.2. The number of alkyl halides is 6. The van der Waals surface area contributed by atoms with Gasteiger partial charge in [-0.25, -0.2) is 24.5 Å². The molecule has 0 spiro atoms. The largest absolute Gasteiger partial charge is 0.495 e. The summed E-state index contributed by atoms with van der Waals surface area (Å²) in [6.07, 6.45) is -6.45. The van der Waals surface area contributed by atoms with E-state index in [0.29, 0.717) is 80.1 Å². The maximum Gasteiger partial charge on any atom is 0.495 e. The van der Waals surface area contributed by atoms with Gasteiger partial charge in [-0.1, -0.05) is 17.7 Å². The van der Waals surface area contributed by atoms with Crippen molar-refractivity contribution in [2.24, 2.45) is 17.6 Å². The molecule has 0 aliphatic carbocycles. The maximum atomic E-state index is 12.7. The molecule has 5 atom stereocenters. The smallest absolute Gasteiger partial charge is 0.399 e. The summed E-state index contributed by atoms with van der Waals surface area (Å²) in [5, 5.41) is 12.3. The molecule has 0 radical (unpaired) electrons. The molecule has 4 amide bonds. The van der Waals surface area contributed by atoms with Crippen LogP contribution in [0.1, 0.15) is 125 Å². The number of halogens is 9. The van der Waals surface area contributed by atoms with Crippen molar-refractivity contribution in [3.63, 3.8) is 0 Å². The molecule has 11 rings (SSSR count). The van der Waals surface area contributed by atoms with Crippen LogP contribution in [0.25, 0.3) is 11.1 Å².